The maximum absolute atomic E-state index is 12.9. The van der Waals surface area contributed by atoms with Gasteiger partial charge in [0.15, 0.2) is 5.58 Å². The molecule has 25 heavy (non-hydrogen) atoms. The van der Waals surface area contributed by atoms with Crippen molar-refractivity contribution in [1.82, 2.24) is 5.32 Å². The van der Waals surface area contributed by atoms with Crippen LogP contribution in [0.25, 0.3) is 11.0 Å². The maximum atomic E-state index is 12.9. The van der Waals surface area contributed by atoms with Crippen molar-refractivity contribution in [2.45, 2.75) is 22.8 Å². The number of halogens is 1. The van der Waals surface area contributed by atoms with Gasteiger partial charge in [0.2, 0.25) is 9.84 Å². The van der Waals surface area contributed by atoms with E-state index in [9.17, 15) is 13.7 Å². The lowest BCUT2D eigenvalue weighted by Gasteiger charge is -2.11. The third kappa shape index (κ3) is 2.61. The summed E-state index contributed by atoms with van der Waals surface area (Å²) in [6.45, 7) is 1.39. The number of nitriles is 1. The van der Waals surface area contributed by atoms with E-state index in [-0.39, 0.29) is 15.4 Å². The lowest BCUT2D eigenvalue weighted by atomic mass is 10.0. The Morgan fingerprint density at radius 3 is 2.64 bits per heavy atom. The molecule has 1 N–H and O–H groups in total. The fourth-order valence-corrected chi connectivity index (χ4v) is 4.51. The molecule has 0 aliphatic carbocycles. The molecular formula is C18H13ClN2O3S. The quantitative estimate of drug-likeness (QED) is 0.745. The molecular weight excluding hydrogens is 360 g/mol. The van der Waals surface area contributed by atoms with Crippen molar-refractivity contribution in [3.63, 3.8) is 0 Å². The Morgan fingerprint density at radius 2 is 1.92 bits per heavy atom. The van der Waals surface area contributed by atoms with Crippen LogP contribution in [0.2, 0.25) is 5.02 Å². The molecule has 0 atom stereocenters. The van der Waals surface area contributed by atoms with Crippen LogP contribution < -0.4 is 5.32 Å². The minimum Gasteiger partial charge on any atom is -0.459 e. The van der Waals surface area contributed by atoms with Crippen molar-refractivity contribution >= 4 is 32.4 Å². The Morgan fingerprint density at radius 1 is 1.16 bits per heavy atom. The van der Waals surface area contributed by atoms with Crippen molar-refractivity contribution in [3.05, 3.63) is 58.3 Å². The van der Waals surface area contributed by atoms with Crippen LogP contribution in [0, 0.1) is 11.3 Å². The molecule has 1 aliphatic heterocycles. The van der Waals surface area contributed by atoms with Crippen LogP contribution in [-0.2, 0) is 22.8 Å². The molecule has 0 saturated heterocycles. The number of furan rings is 1. The third-order valence-electron chi connectivity index (χ3n) is 4.33. The van der Waals surface area contributed by atoms with Gasteiger partial charge in [0, 0.05) is 35.5 Å². The summed E-state index contributed by atoms with van der Waals surface area (Å²) in [6.07, 6.45) is 0.716. The van der Waals surface area contributed by atoms with Crippen LogP contribution in [0.5, 0.6) is 0 Å². The van der Waals surface area contributed by atoms with Gasteiger partial charge in [0.05, 0.1) is 15.4 Å². The first-order valence-corrected chi connectivity index (χ1v) is 9.56. The number of benzene rings is 2. The second kappa shape index (κ2) is 5.88. The van der Waals surface area contributed by atoms with Gasteiger partial charge >= 0.3 is 0 Å². The largest absolute Gasteiger partial charge is 0.459 e. The SMILES string of the molecule is N#Cc1cc(S(=O)(=O)c2ccc(Cl)cc2)cc2c3c(oc12)CCNC3. The molecule has 126 valence electrons. The van der Waals surface area contributed by atoms with Crippen molar-refractivity contribution < 1.29 is 12.8 Å². The highest BCUT2D eigenvalue weighted by Gasteiger charge is 2.25. The third-order valence-corrected chi connectivity index (χ3v) is 6.34. The average molecular weight is 373 g/mol. The minimum atomic E-state index is -3.76. The summed E-state index contributed by atoms with van der Waals surface area (Å²) in [5.41, 5.74) is 1.59. The molecule has 0 spiro atoms. The molecule has 0 fully saturated rings. The van der Waals surface area contributed by atoms with Gasteiger partial charge in [-0.25, -0.2) is 8.42 Å². The molecule has 1 aliphatic rings. The summed E-state index contributed by atoms with van der Waals surface area (Å²) < 4.78 is 31.7. The van der Waals surface area contributed by atoms with Gasteiger partial charge in [-0.1, -0.05) is 11.6 Å². The molecule has 0 unspecified atom stereocenters. The first-order chi connectivity index (χ1) is 12.0. The molecule has 5 nitrogen and oxygen atoms in total. The number of hydrogen-bond donors (Lipinski definition) is 1. The van der Waals surface area contributed by atoms with Crippen LogP contribution in [0.4, 0.5) is 0 Å². The number of fused-ring (bicyclic) bond motifs is 3. The van der Waals surface area contributed by atoms with Crippen LogP contribution in [0.1, 0.15) is 16.9 Å². The highest BCUT2D eigenvalue weighted by Crippen LogP contribution is 2.34. The van der Waals surface area contributed by atoms with Gasteiger partial charge in [-0.3, -0.25) is 0 Å². The van der Waals surface area contributed by atoms with Gasteiger partial charge < -0.3 is 9.73 Å². The average Bonchev–Trinajstić information content (AvgIpc) is 3.00. The molecule has 7 heteroatoms. The number of rotatable bonds is 2. The fourth-order valence-electron chi connectivity index (χ4n) is 3.07. The number of hydrogen-bond acceptors (Lipinski definition) is 5. The highest BCUT2D eigenvalue weighted by atomic mass is 35.5. The van der Waals surface area contributed by atoms with E-state index in [1.54, 1.807) is 6.07 Å². The topological polar surface area (TPSA) is 83.1 Å². The number of nitrogens with zero attached hydrogens (tertiary/aromatic N) is 1. The van der Waals surface area contributed by atoms with Gasteiger partial charge in [-0.2, -0.15) is 5.26 Å². The van der Waals surface area contributed by atoms with E-state index in [2.05, 4.69) is 11.4 Å². The summed E-state index contributed by atoms with van der Waals surface area (Å²) in [6, 6.07) is 11.0. The minimum absolute atomic E-state index is 0.0769. The molecule has 0 radical (unpaired) electrons. The molecule has 0 amide bonds. The molecule has 0 bridgehead atoms. The molecule has 1 aromatic heterocycles. The Labute approximate surface area is 149 Å². The Bertz CT molecular complexity index is 1130. The first-order valence-electron chi connectivity index (χ1n) is 7.70. The summed E-state index contributed by atoms with van der Waals surface area (Å²) in [4.78, 5) is 0.212. The molecule has 3 aromatic rings. The summed E-state index contributed by atoms with van der Waals surface area (Å²) in [5.74, 6) is 0.811. The zero-order chi connectivity index (χ0) is 17.6. The predicted molar refractivity (Wildman–Crippen MR) is 93.2 cm³/mol. The molecule has 4 rings (SSSR count). The van der Waals surface area contributed by atoms with Crippen molar-refractivity contribution in [3.8, 4) is 6.07 Å². The van der Waals surface area contributed by atoms with Crippen molar-refractivity contribution in [2.24, 2.45) is 0 Å². The predicted octanol–water partition coefficient (Wildman–Crippen LogP) is 3.44. The maximum Gasteiger partial charge on any atom is 0.206 e. The van der Waals surface area contributed by atoms with E-state index < -0.39 is 9.84 Å². The van der Waals surface area contributed by atoms with Gasteiger partial charge in [0.1, 0.15) is 11.8 Å². The lowest BCUT2D eigenvalue weighted by molar-refractivity contribution is 0.500. The summed E-state index contributed by atoms with van der Waals surface area (Å²) in [5, 5.41) is 13.8. The van der Waals surface area contributed by atoms with Crippen LogP contribution in [0.3, 0.4) is 0 Å². The molecule has 0 saturated carbocycles. The number of nitrogens with one attached hydrogen (secondary N) is 1. The van der Waals surface area contributed by atoms with Crippen molar-refractivity contribution in [1.29, 1.82) is 5.26 Å². The second-order valence-corrected chi connectivity index (χ2v) is 8.23. The Balaban J connectivity index is 1.96. The molecule has 2 aromatic carbocycles. The van der Waals surface area contributed by atoms with Crippen LogP contribution in [-0.4, -0.2) is 15.0 Å². The van der Waals surface area contributed by atoms with E-state index >= 15 is 0 Å². The first kappa shape index (κ1) is 16.2. The smallest absolute Gasteiger partial charge is 0.206 e. The highest BCUT2D eigenvalue weighted by molar-refractivity contribution is 7.91. The summed E-state index contributed by atoms with van der Waals surface area (Å²) in [7, 11) is -3.76. The van der Waals surface area contributed by atoms with E-state index in [0.29, 0.717) is 29.0 Å². The van der Waals surface area contributed by atoms with Gasteiger partial charge in [-0.15, -0.1) is 0 Å². The Kier molecular flexibility index (Phi) is 3.80. The lowest BCUT2D eigenvalue weighted by Crippen LogP contribution is -2.22. The van der Waals surface area contributed by atoms with Crippen LogP contribution >= 0.6 is 11.6 Å². The number of sulfone groups is 1. The zero-order valence-electron chi connectivity index (χ0n) is 13.0. The fraction of sp³-hybridized carbons (Fsp3) is 0.167. The van der Waals surface area contributed by atoms with E-state index in [0.717, 1.165) is 17.9 Å². The zero-order valence-corrected chi connectivity index (χ0v) is 14.6. The second-order valence-electron chi connectivity index (χ2n) is 5.85. The molecule has 2 heterocycles. The standard InChI is InChI=1S/C18H13ClN2O3S/c19-12-1-3-13(4-2-12)25(22,23)14-7-11(9-20)18-15(8-14)16-10-21-6-5-17(16)24-18/h1-4,7-8,21H,5-6,10H2. The van der Waals surface area contributed by atoms with Gasteiger partial charge in [-0.05, 0) is 36.4 Å². The van der Waals surface area contributed by atoms with Crippen molar-refractivity contribution in [2.75, 3.05) is 6.54 Å². The summed E-state index contributed by atoms with van der Waals surface area (Å²) >= 11 is 5.84. The Hall–Kier alpha value is -2.33. The van der Waals surface area contributed by atoms with Crippen LogP contribution in [0.15, 0.2) is 50.6 Å². The monoisotopic (exact) mass is 372 g/mol. The van der Waals surface area contributed by atoms with E-state index in [1.165, 1.54) is 30.3 Å². The van der Waals surface area contributed by atoms with E-state index in [4.69, 9.17) is 16.0 Å². The normalized spacial score (nSPS) is 14.2. The van der Waals surface area contributed by atoms with Gasteiger partial charge in [0.25, 0.3) is 0 Å². The van der Waals surface area contributed by atoms with E-state index in [1.807, 2.05) is 0 Å².